The zero-order valence-corrected chi connectivity index (χ0v) is 13.6. The van der Waals surface area contributed by atoms with Gasteiger partial charge in [-0.05, 0) is 58.3 Å². The van der Waals surface area contributed by atoms with Crippen molar-refractivity contribution >= 4 is 0 Å². The molecule has 0 aromatic carbocycles. The molecule has 0 aliphatic carbocycles. The third-order valence-corrected chi connectivity index (χ3v) is 4.69. The van der Waals surface area contributed by atoms with Crippen LogP contribution in [0.15, 0.2) is 0 Å². The van der Waals surface area contributed by atoms with Gasteiger partial charge in [-0.25, -0.2) is 0 Å². The number of rotatable bonds is 10. The van der Waals surface area contributed by atoms with Crippen LogP contribution in [0.2, 0.25) is 0 Å². The highest BCUT2D eigenvalue weighted by Gasteiger charge is 2.22. The summed E-state index contributed by atoms with van der Waals surface area (Å²) in [4.78, 5) is 2.69. The fourth-order valence-electron chi connectivity index (χ4n) is 3.28. The number of unbranched alkanes of at least 4 members (excludes halogenated alkanes) is 5. The average molecular weight is 268 g/mol. The smallest absolute Gasteiger partial charge is 0.00678 e. The first-order chi connectivity index (χ1) is 9.27. The molecule has 1 unspecified atom stereocenters. The number of piperidine rings is 1. The summed E-state index contributed by atoms with van der Waals surface area (Å²) in [5.41, 5.74) is 0. The quantitative estimate of drug-likeness (QED) is 0.601. The van der Waals surface area contributed by atoms with Crippen molar-refractivity contribution in [2.24, 2.45) is 5.92 Å². The molecule has 1 aliphatic rings. The number of hydrogen-bond donors (Lipinski definition) is 1. The molecular weight excluding hydrogens is 232 g/mol. The van der Waals surface area contributed by atoms with Crippen molar-refractivity contribution < 1.29 is 0 Å². The molecule has 1 rings (SSSR count). The second kappa shape index (κ2) is 10.7. The molecule has 1 N–H and O–H groups in total. The third-order valence-electron chi connectivity index (χ3n) is 4.69. The van der Waals surface area contributed by atoms with Gasteiger partial charge < -0.3 is 10.2 Å². The summed E-state index contributed by atoms with van der Waals surface area (Å²) in [6, 6.07) is 0.709. The topological polar surface area (TPSA) is 15.3 Å². The molecule has 0 saturated carbocycles. The van der Waals surface area contributed by atoms with Gasteiger partial charge in [0.2, 0.25) is 0 Å². The van der Waals surface area contributed by atoms with E-state index in [1.165, 1.54) is 71.0 Å². The van der Waals surface area contributed by atoms with Gasteiger partial charge in [0.15, 0.2) is 0 Å². The minimum Gasteiger partial charge on any atom is -0.314 e. The lowest BCUT2D eigenvalue weighted by Crippen LogP contribution is -2.42. The van der Waals surface area contributed by atoms with Crippen molar-refractivity contribution in [3.8, 4) is 0 Å². The fourth-order valence-corrected chi connectivity index (χ4v) is 3.28. The highest BCUT2D eigenvalue weighted by Crippen LogP contribution is 2.21. The van der Waals surface area contributed by atoms with E-state index in [2.05, 4.69) is 31.0 Å². The number of hydrogen-bond acceptors (Lipinski definition) is 2. The van der Waals surface area contributed by atoms with Crippen LogP contribution in [0.25, 0.3) is 0 Å². The Morgan fingerprint density at radius 2 is 1.63 bits per heavy atom. The van der Waals surface area contributed by atoms with Crippen molar-refractivity contribution in [1.29, 1.82) is 0 Å². The maximum atomic E-state index is 3.58. The normalized spacial score (nSPS) is 19.7. The summed E-state index contributed by atoms with van der Waals surface area (Å²) in [5, 5.41) is 3.58. The van der Waals surface area contributed by atoms with Crippen molar-refractivity contribution in [1.82, 2.24) is 10.2 Å². The lowest BCUT2D eigenvalue weighted by molar-refractivity contribution is 0.161. The molecule has 2 heteroatoms. The van der Waals surface area contributed by atoms with E-state index in [9.17, 15) is 0 Å². The van der Waals surface area contributed by atoms with Gasteiger partial charge in [-0.2, -0.15) is 0 Å². The minimum absolute atomic E-state index is 0.709. The molecule has 2 nitrogen and oxygen atoms in total. The molecule has 114 valence electrons. The lowest BCUT2D eigenvalue weighted by Gasteiger charge is -2.35. The molecule has 0 aromatic rings. The van der Waals surface area contributed by atoms with Crippen molar-refractivity contribution in [2.75, 3.05) is 26.2 Å². The van der Waals surface area contributed by atoms with Crippen LogP contribution in [-0.2, 0) is 0 Å². The van der Waals surface area contributed by atoms with E-state index >= 15 is 0 Å². The summed E-state index contributed by atoms with van der Waals surface area (Å²) in [7, 11) is 0. The SMILES string of the molecule is CCCCCCCCN1CCC(C(C)NCC)CC1. The first kappa shape index (κ1) is 17.0. The Hall–Kier alpha value is -0.0800. The van der Waals surface area contributed by atoms with Gasteiger partial charge in [0, 0.05) is 6.04 Å². The van der Waals surface area contributed by atoms with Crippen LogP contribution in [0.1, 0.15) is 72.1 Å². The maximum Gasteiger partial charge on any atom is 0.00678 e. The largest absolute Gasteiger partial charge is 0.314 e. The van der Waals surface area contributed by atoms with Gasteiger partial charge in [-0.1, -0.05) is 46.0 Å². The fraction of sp³-hybridized carbons (Fsp3) is 1.00. The molecule has 0 spiro atoms. The van der Waals surface area contributed by atoms with Crippen molar-refractivity contribution in [3.63, 3.8) is 0 Å². The van der Waals surface area contributed by atoms with E-state index in [1.807, 2.05) is 0 Å². The van der Waals surface area contributed by atoms with Gasteiger partial charge >= 0.3 is 0 Å². The van der Waals surface area contributed by atoms with Gasteiger partial charge in [0.1, 0.15) is 0 Å². The first-order valence-electron chi connectivity index (χ1n) is 8.73. The van der Waals surface area contributed by atoms with E-state index in [4.69, 9.17) is 0 Å². The summed E-state index contributed by atoms with van der Waals surface area (Å²) < 4.78 is 0. The summed E-state index contributed by atoms with van der Waals surface area (Å²) in [6.45, 7) is 12.0. The maximum absolute atomic E-state index is 3.58. The first-order valence-corrected chi connectivity index (χ1v) is 8.73. The number of likely N-dealkylation sites (tertiary alicyclic amines) is 1. The zero-order chi connectivity index (χ0) is 13.9. The van der Waals surface area contributed by atoms with Crippen molar-refractivity contribution in [3.05, 3.63) is 0 Å². The predicted octanol–water partition coefficient (Wildman–Crippen LogP) is 4.06. The zero-order valence-electron chi connectivity index (χ0n) is 13.6. The molecule has 1 atom stereocenters. The summed E-state index contributed by atoms with van der Waals surface area (Å²) in [5.74, 6) is 0.903. The van der Waals surface area contributed by atoms with E-state index < -0.39 is 0 Å². The highest BCUT2D eigenvalue weighted by atomic mass is 15.1. The molecule has 19 heavy (non-hydrogen) atoms. The Morgan fingerprint density at radius 3 is 2.26 bits per heavy atom. The molecular formula is C17H36N2. The second-order valence-electron chi connectivity index (χ2n) is 6.29. The molecule has 1 heterocycles. The van der Waals surface area contributed by atoms with Gasteiger partial charge in [-0.3, -0.25) is 0 Å². The molecule has 0 radical (unpaired) electrons. The van der Waals surface area contributed by atoms with Crippen LogP contribution in [0.4, 0.5) is 0 Å². The molecule has 1 aliphatic heterocycles. The summed E-state index contributed by atoms with van der Waals surface area (Å²) >= 11 is 0. The summed E-state index contributed by atoms with van der Waals surface area (Å²) in [6.07, 6.45) is 11.3. The number of nitrogens with zero attached hydrogens (tertiary/aromatic N) is 1. The molecule has 1 saturated heterocycles. The van der Waals surface area contributed by atoms with E-state index in [0.717, 1.165) is 12.5 Å². The highest BCUT2D eigenvalue weighted by molar-refractivity contribution is 4.79. The van der Waals surface area contributed by atoms with Crippen LogP contribution < -0.4 is 5.32 Å². The Labute approximate surface area is 121 Å². The van der Waals surface area contributed by atoms with Crippen LogP contribution in [0.3, 0.4) is 0 Å². The van der Waals surface area contributed by atoms with Gasteiger partial charge in [0.25, 0.3) is 0 Å². The Balaban J connectivity index is 2.00. The average Bonchev–Trinajstić information content (AvgIpc) is 2.43. The molecule has 0 bridgehead atoms. The van der Waals surface area contributed by atoms with Crippen molar-refractivity contribution in [2.45, 2.75) is 78.2 Å². The number of nitrogens with one attached hydrogen (secondary N) is 1. The lowest BCUT2D eigenvalue weighted by atomic mass is 9.90. The standard InChI is InChI=1S/C17H36N2/c1-4-6-7-8-9-10-13-19-14-11-17(12-15-19)16(3)18-5-2/h16-18H,4-15H2,1-3H3. The van der Waals surface area contributed by atoms with Gasteiger partial charge in [0.05, 0.1) is 0 Å². The predicted molar refractivity (Wildman–Crippen MR) is 85.7 cm³/mol. The second-order valence-corrected chi connectivity index (χ2v) is 6.29. The van der Waals surface area contributed by atoms with Gasteiger partial charge in [-0.15, -0.1) is 0 Å². The minimum atomic E-state index is 0.709. The van der Waals surface area contributed by atoms with E-state index in [1.54, 1.807) is 0 Å². The molecule has 0 aromatic heterocycles. The van der Waals surface area contributed by atoms with Crippen LogP contribution in [0.5, 0.6) is 0 Å². The Morgan fingerprint density at radius 1 is 1.00 bits per heavy atom. The Kier molecular flexibility index (Phi) is 9.54. The molecule has 0 amide bonds. The van der Waals surface area contributed by atoms with E-state index in [-0.39, 0.29) is 0 Å². The third kappa shape index (κ3) is 7.31. The van der Waals surface area contributed by atoms with Crippen LogP contribution >= 0.6 is 0 Å². The Bertz CT molecular complexity index is 197. The molecule has 1 fully saturated rings. The monoisotopic (exact) mass is 268 g/mol. The van der Waals surface area contributed by atoms with Crippen LogP contribution in [-0.4, -0.2) is 37.1 Å². The van der Waals surface area contributed by atoms with Crippen LogP contribution in [0, 0.1) is 5.92 Å². The van der Waals surface area contributed by atoms with E-state index in [0.29, 0.717) is 6.04 Å².